The fourth-order valence-electron chi connectivity index (χ4n) is 0.854. The van der Waals surface area contributed by atoms with E-state index in [4.69, 9.17) is 17.4 Å². The molecule has 0 aliphatic heterocycles. The first-order valence-corrected chi connectivity index (χ1v) is 4.47. The summed E-state index contributed by atoms with van der Waals surface area (Å²) >= 11 is 5.74. The first-order chi connectivity index (χ1) is 7.19. The van der Waals surface area contributed by atoms with Crippen LogP contribution in [0.4, 0.5) is 16.3 Å². The fraction of sp³-hybridized carbons (Fsp3) is 0.286. The van der Waals surface area contributed by atoms with E-state index in [-0.39, 0.29) is 23.3 Å². The summed E-state index contributed by atoms with van der Waals surface area (Å²) in [5, 5.41) is 2.45. The summed E-state index contributed by atoms with van der Waals surface area (Å²) in [4.78, 5) is 18.6. The Kier molecular flexibility index (Phi) is 4.07. The summed E-state index contributed by atoms with van der Waals surface area (Å²) in [6.45, 7) is 1.94. The molecular weight excluding hydrogens is 222 g/mol. The van der Waals surface area contributed by atoms with Crippen LogP contribution >= 0.6 is 11.6 Å². The number of ether oxygens (including phenoxy) is 1. The molecule has 0 atom stereocenters. The highest BCUT2D eigenvalue weighted by molar-refractivity contribution is 6.33. The van der Waals surface area contributed by atoms with Crippen molar-refractivity contribution in [3.8, 4) is 0 Å². The van der Waals surface area contributed by atoms with Crippen molar-refractivity contribution in [2.45, 2.75) is 6.92 Å². The summed E-state index contributed by atoms with van der Waals surface area (Å²) in [6.07, 6.45) is 0.569. The number of aromatic nitrogens is 2. The Balaban J connectivity index is 2.87. The number of hydrogen-bond acceptors (Lipinski definition) is 6. The number of anilines is 2. The van der Waals surface area contributed by atoms with Crippen molar-refractivity contribution in [1.82, 2.24) is 9.97 Å². The molecule has 0 aliphatic rings. The van der Waals surface area contributed by atoms with Crippen LogP contribution in [0.2, 0.25) is 5.15 Å². The Labute approximate surface area is 91.0 Å². The number of nitrogens with one attached hydrogen (secondary N) is 2. The van der Waals surface area contributed by atoms with Gasteiger partial charge in [-0.05, 0) is 6.92 Å². The smallest absolute Gasteiger partial charge is 0.411 e. The number of hydrazine groups is 1. The third-order valence-electron chi connectivity index (χ3n) is 1.44. The first-order valence-electron chi connectivity index (χ1n) is 4.10. The SMILES string of the molecule is CCOC(=O)Nc1c(Cl)ncnc1NN. The standard InChI is InChI=1S/C7H10ClN5O2/c1-2-15-7(14)12-4-5(8)10-3-11-6(4)13-9/h3H,2,9H2,1H3,(H,12,14)(H,10,11,13). The summed E-state index contributed by atoms with van der Waals surface area (Å²) in [6, 6.07) is 0. The van der Waals surface area contributed by atoms with Crippen LogP contribution in [0, 0.1) is 0 Å². The Morgan fingerprint density at radius 1 is 1.67 bits per heavy atom. The van der Waals surface area contributed by atoms with Gasteiger partial charge in [0.25, 0.3) is 0 Å². The third-order valence-corrected chi connectivity index (χ3v) is 1.73. The molecule has 0 aliphatic carbocycles. The molecule has 0 aromatic carbocycles. The lowest BCUT2D eigenvalue weighted by atomic mass is 10.5. The Hall–Kier alpha value is -1.60. The zero-order chi connectivity index (χ0) is 11.3. The second kappa shape index (κ2) is 5.32. The molecule has 0 radical (unpaired) electrons. The summed E-state index contributed by atoms with van der Waals surface area (Å²) in [7, 11) is 0. The number of amides is 1. The van der Waals surface area contributed by atoms with Crippen LogP contribution in [0.1, 0.15) is 6.92 Å². The van der Waals surface area contributed by atoms with Crippen molar-refractivity contribution >= 4 is 29.2 Å². The van der Waals surface area contributed by atoms with Crippen LogP contribution in [0.25, 0.3) is 0 Å². The van der Waals surface area contributed by atoms with Gasteiger partial charge < -0.3 is 10.2 Å². The maximum absolute atomic E-state index is 11.1. The van der Waals surface area contributed by atoms with Crippen molar-refractivity contribution < 1.29 is 9.53 Å². The van der Waals surface area contributed by atoms with E-state index in [2.05, 4.69) is 25.4 Å². The molecule has 1 aromatic heterocycles. The second-order valence-corrected chi connectivity index (χ2v) is 2.74. The Bertz CT molecular complexity index is 359. The summed E-state index contributed by atoms with van der Waals surface area (Å²) in [5.41, 5.74) is 2.46. The van der Waals surface area contributed by atoms with E-state index in [1.807, 2.05) is 0 Å². The Morgan fingerprint density at radius 3 is 3.00 bits per heavy atom. The van der Waals surface area contributed by atoms with E-state index in [0.29, 0.717) is 0 Å². The van der Waals surface area contributed by atoms with E-state index in [9.17, 15) is 4.79 Å². The van der Waals surface area contributed by atoms with Crippen molar-refractivity contribution in [3.05, 3.63) is 11.5 Å². The molecule has 7 nitrogen and oxygen atoms in total. The van der Waals surface area contributed by atoms with E-state index >= 15 is 0 Å². The minimum Gasteiger partial charge on any atom is -0.450 e. The number of rotatable bonds is 3. The monoisotopic (exact) mass is 231 g/mol. The normalized spacial score (nSPS) is 9.53. The number of halogens is 1. The molecule has 0 fully saturated rings. The molecule has 1 rings (SSSR count). The molecule has 0 unspecified atom stereocenters. The van der Waals surface area contributed by atoms with E-state index in [1.54, 1.807) is 6.92 Å². The molecule has 8 heteroatoms. The zero-order valence-corrected chi connectivity index (χ0v) is 8.71. The van der Waals surface area contributed by atoms with Gasteiger partial charge in [0.1, 0.15) is 12.0 Å². The maximum atomic E-state index is 11.1. The number of nitrogen functional groups attached to an aromatic ring is 1. The van der Waals surface area contributed by atoms with Gasteiger partial charge in [0.2, 0.25) is 0 Å². The van der Waals surface area contributed by atoms with Gasteiger partial charge in [0.05, 0.1) is 6.61 Å². The van der Waals surface area contributed by atoms with Gasteiger partial charge in [-0.1, -0.05) is 11.6 Å². The van der Waals surface area contributed by atoms with Crippen molar-refractivity contribution in [3.63, 3.8) is 0 Å². The molecule has 4 N–H and O–H groups in total. The lowest BCUT2D eigenvalue weighted by Crippen LogP contribution is -2.18. The lowest BCUT2D eigenvalue weighted by molar-refractivity contribution is 0.168. The molecular formula is C7H10ClN5O2. The van der Waals surface area contributed by atoms with Crippen LogP contribution in [0.15, 0.2) is 6.33 Å². The van der Waals surface area contributed by atoms with Crippen molar-refractivity contribution in [2.24, 2.45) is 5.84 Å². The maximum Gasteiger partial charge on any atom is 0.411 e. The summed E-state index contributed by atoms with van der Waals surface area (Å²) in [5.74, 6) is 5.39. The highest BCUT2D eigenvalue weighted by atomic mass is 35.5. The van der Waals surface area contributed by atoms with Crippen LogP contribution in [0.5, 0.6) is 0 Å². The molecule has 15 heavy (non-hydrogen) atoms. The number of nitrogens with two attached hydrogens (primary N) is 1. The average Bonchev–Trinajstić information content (AvgIpc) is 2.21. The highest BCUT2D eigenvalue weighted by Crippen LogP contribution is 2.25. The van der Waals surface area contributed by atoms with E-state index in [1.165, 1.54) is 6.33 Å². The largest absolute Gasteiger partial charge is 0.450 e. The van der Waals surface area contributed by atoms with Crippen molar-refractivity contribution in [2.75, 3.05) is 17.3 Å². The topological polar surface area (TPSA) is 102 Å². The highest BCUT2D eigenvalue weighted by Gasteiger charge is 2.12. The van der Waals surface area contributed by atoms with Crippen LogP contribution in [-0.2, 0) is 4.74 Å². The van der Waals surface area contributed by atoms with Gasteiger partial charge in [-0.2, -0.15) is 0 Å². The lowest BCUT2D eigenvalue weighted by Gasteiger charge is -2.09. The fourth-order valence-corrected chi connectivity index (χ4v) is 1.03. The molecule has 82 valence electrons. The van der Waals surface area contributed by atoms with Gasteiger partial charge in [-0.3, -0.25) is 5.32 Å². The van der Waals surface area contributed by atoms with Crippen LogP contribution in [0.3, 0.4) is 0 Å². The third kappa shape index (κ3) is 2.93. The number of hydrogen-bond donors (Lipinski definition) is 3. The van der Waals surface area contributed by atoms with Crippen molar-refractivity contribution in [1.29, 1.82) is 0 Å². The number of nitrogens with zero attached hydrogens (tertiary/aromatic N) is 2. The second-order valence-electron chi connectivity index (χ2n) is 2.38. The molecule has 1 amide bonds. The molecule has 0 saturated heterocycles. The van der Waals surface area contributed by atoms with Crippen LogP contribution in [-0.4, -0.2) is 22.7 Å². The van der Waals surface area contributed by atoms with E-state index < -0.39 is 6.09 Å². The van der Waals surface area contributed by atoms with E-state index in [0.717, 1.165) is 0 Å². The van der Waals surface area contributed by atoms with Gasteiger partial charge >= 0.3 is 6.09 Å². The minimum atomic E-state index is -0.647. The number of carbonyl (C=O) groups excluding carboxylic acids is 1. The predicted molar refractivity (Wildman–Crippen MR) is 55.5 cm³/mol. The molecule has 1 aromatic rings. The Morgan fingerprint density at radius 2 is 2.40 bits per heavy atom. The zero-order valence-electron chi connectivity index (χ0n) is 7.95. The predicted octanol–water partition coefficient (Wildman–Crippen LogP) is 0.984. The molecule has 0 spiro atoms. The van der Waals surface area contributed by atoms with Gasteiger partial charge in [-0.25, -0.2) is 20.6 Å². The molecule has 1 heterocycles. The number of carbonyl (C=O) groups is 1. The quantitative estimate of drug-likeness (QED) is 0.407. The summed E-state index contributed by atoms with van der Waals surface area (Å²) < 4.78 is 4.67. The average molecular weight is 232 g/mol. The van der Waals surface area contributed by atoms with Gasteiger partial charge in [0, 0.05) is 0 Å². The first kappa shape index (κ1) is 11.5. The molecule has 0 saturated carbocycles. The molecule has 0 bridgehead atoms. The van der Waals surface area contributed by atoms with Crippen LogP contribution < -0.4 is 16.6 Å². The van der Waals surface area contributed by atoms with Gasteiger partial charge in [-0.15, -0.1) is 0 Å². The minimum absolute atomic E-state index is 0.0750. The van der Waals surface area contributed by atoms with Gasteiger partial charge in [0.15, 0.2) is 11.0 Å².